The molecule has 134 valence electrons. The van der Waals surface area contributed by atoms with Crippen molar-refractivity contribution in [3.05, 3.63) is 58.6 Å². The number of rotatable bonds is 4. The van der Waals surface area contributed by atoms with Crippen LogP contribution in [0.3, 0.4) is 0 Å². The first-order valence-corrected chi connectivity index (χ1v) is 9.84. The Kier molecular flexibility index (Phi) is 5.46. The van der Waals surface area contributed by atoms with E-state index >= 15 is 0 Å². The van der Waals surface area contributed by atoms with Crippen LogP contribution in [0.1, 0.15) is 11.1 Å². The van der Waals surface area contributed by atoms with Gasteiger partial charge in [-0.25, -0.2) is 0 Å². The summed E-state index contributed by atoms with van der Waals surface area (Å²) in [5.41, 5.74) is 2.04. The molecule has 1 aliphatic rings. The summed E-state index contributed by atoms with van der Waals surface area (Å²) < 4.78 is 31.6. The van der Waals surface area contributed by atoms with E-state index in [1.807, 2.05) is 30.3 Å². The quantitative estimate of drug-likeness (QED) is 0.764. The van der Waals surface area contributed by atoms with Gasteiger partial charge in [-0.3, -0.25) is 4.90 Å². The molecule has 1 atom stereocenters. The topological polar surface area (TPSA) is 55.8 Å². The summed E-state index contributed by atoms with van der Waals surface area (Å²) in [4.78, 5) is 2.49. The smallest absolute Gasteiger partial charge is 0.179 e. The van der Waals surface area contributed by atoms with Crippen LogP contribution in [0.2, 0.25) is 5.02 Å². The number of ether oxygens (including phenoxy) is 1. The molecule has 2 aromatic carbocycles. The predicted molar refractivity (Wildman–Crippen MR) is 98.3 cm³/mol. The summed E-state index contributed by atoms with van der Waals surface area (Å²) in [6, 6.07) is 12.9. The van der Waals surface area contributed by atoms with E-state index in [0.29, 0.717) is 18.9 Å². The lowest BCUT2D eigenvalue weighted by Gasteiger charge is -2.21. The molecule has 0 fully saturated rings. The monoisotopic (exact) mass is 380 g/mol. The average molecular weight is 381 g/mol. The number of fused-ring (bicyclic) bond motifs is 1. The van der Waals surface area contributed by atoms with E-state index in [-0.39, 0.29) is 4.90 Å². The Morgan fingerprint density at radius 3 is 2.76 bits per heavy atom. The van der Waals surface area contributed by atoms with Gasteiger partial charge in [0.25, 0.3) is 0 Å². The van der Waals surface area contributed by atoms with Gasteiger partial charge in [-0.2, -0.15) is 0 Å². The van der Waals surface area contributed by atoms with Crippen molar-refractivity contribution in [2.75, 3.05) is 27.2 Å². The SMILES string of the molecule is CN(C)[S+](=O)([O-])c1ccc2c(c1)OCCN(Cc1ccccc1Cl)C2. The van der Waals surface area contributed by atoms with Gasteiger partial charge in [0.2, 0.25) is 0 Å². The van der Waals surface area contributed by atoms with Crippen molar-refractivity contribution in [1.29, 1.82) is 0 Å². The van der Waals surface area contributed by atoms with Crippen LogP contribution in [-0.4, -0.2) is 41.0 Å². The fourth-order valence-electron chi connectivity index (χ4n) is 2.78. The molecule has 0 aromatic heterocycles. The first-order valence-electron chi connectivity index (χ1n) is 8.02. The van der Waals surface area contributed by atoms with Gasteiger partial charge >= 0.3 is 0 Å². The number of benzene rings is 2. The summed E-state index contributed by atoms with van der Waals surface area (Å²) in [6.07, 6.45) is 0. The third kappa shape index (κ3) is 4.04. The highest BCUT2D eigenvalue weighted by molar-refractivity contribution is 7.95. The molecule has 3 rings (SSSR count). The molecule has 0 bridgehead atoms. The molecule has 0 spiro atoms. The first kappa shape index (κ1) is 18.4. The molecule has 1 heterocycles. The van der Waals surface area contributed by atoms with Gasteiger partial charge in [0.1, 0.15) is 12.4 Å². The molecule has 25 heavy (non-hydrogen) atoms. The second-order valence-corrected chi connectivity index (χ2v) is 8.77. The third-order valence-electron chi connectivity index (χ3n) is 4.23. The van der Waals surface area contributed by atoms with Crippen molar-refractivity contribution in [2.24, 2.45) is 0 Å². The standard InChI is InChI=1S/C18H21ClN2O3S/c1-20(2)25(22,23)16-8-7-15-13-21(9-10-24-18(15)11-16)12-14-5-3-4-6-17(14)19/h3-8,11H,9-10,12-13H2,1-2H3. The summed E-state index contributed by atoms with van der Waals surface area (Å²) in [7, 11) is -0.426. The molecule has 0 saturated carbocycles. The minimum atomic E-state index is -3.47. The van der Waals surface area contributed by atoms with Gasteiger partial charge in [-0.1, -0.05) is 34.0 Å². The summed E-state index contributed by atoms with van der Waals surface area (Å²) in [6.45, 7) is 2.65. The maximum Gasteiger partial charge on any atom is 0.179 e. The maximum absolute atomic E-state index is 12.3. The molecular formula is C18H21ClN2O3S. The first-order chi connectivity index (χ1) is 11.9. The molecule has 0 N–H and O–H groups in total. The molecule has 0 amide bonds. The third-order valence-corrected chi connectivity index (χ3v) is 6.41. The largest absolute Gasteiger partial charge is 0.593 e. The molecular weight excluding hydrogens is 360 g/mol. The number of halogens is 1. The fourth-order valence-corrected chi connectivity index (χ4v) is 3.89. The summed E-state index contributed by atoms with van der Waals surface area (Å²) in [5.74, 6) is 0.629. The van der Waals surface area contributed by atoms with Crippen LogP contribution in [0, 0.1) is 0 Å². The molecule has 1 aliphatic heterocycles. The van der Waals surface area contributed by atoms with Crippen molar-refractivity contribution >= 4 is 22.0 Å². The van der Waals surface area contributed by atoms with Crippen LogP contribution in [-0.2, 0) is 27.7 Å². The summed E-state index contributed by atoms with van der Waals surface area (Å²) in [5, 5.41) is 0.750. The second kappa shape index (κ2) is 7.43. The van der Waals surface area contributed by atoms with Crippen molar-refractivity contribution in [3.8, 4) is 5.75 Å². The molecule has 5 nitrogen and oxygen atoms in total. The van der Waals surface area contributed by atoms with E-state index in [1.165, 1.54) is 18.4 Å². The zero-order valence-corrected chi connectivity index (χ0v) is 15.8. The van der Waals surface area contributed by atoms with Crippen LogP contribution in [0.5, 0.6) is 5.75 Å². The van der Waals surface area contributed by atoms with Gasteiger partial charge in [-0.15, -0.1) is 4.31 Å². The van der Waals surface area contributed by atoms with Crippen molar-refractivity contribution < 1.29 is 13.5 Å². The zero-order chi connectivity index (χ0) is 18.0. The molecule has 1 unspecified atom stereocenters. The Hall–Kier alpha value is -1.44. The van der Waals surface area contributed by atoms with Gasteiger partial charge in [0.05, 0.1) is 0 Å². The van der Waals surface area contributed by atoms with Crippen LogP contribution < -0.4 is 4.74 Å². The number of hydrogen-bond donors (Lipinski definition) is 0. The van der Waals surface area contributed by atoms with Gasteiger partial charge in [-0.05, 0) is 23.8 Å². The molecule has 0 radical (unpaired) electrons. The zero-order valence-electron chi connectivity index (χ0n) is 14.3. The highest BCUT2D eigenvalue weighted by Gasteiger charge is 2.26. The van der Waals surface area contributed by atoms with Crippen LogP contribution in [0.15, 0.2) is 47.4 Å². The van der Waals surface area contributed by atoms with E-state index in [0.717, 1.165) is 29.2 Å². The lowest BCUT2D eigenvalue weighted by Crippen LogP contribution is -2.29. The summed E-state index contributed by atoms with van der Waals surface area (Å²) >= 11 is 6.26. The minimum absolute atomic E-state index is 0.246. The number of hydrogen-bond acceptors (Lipinski definition) is 4. The Balaban J connectivity index is 1.82. The van der Waals surface area contributed by atoms with Gasteiger partial charge in [0.15, 0.2) is 15.3 Å². The molecule has 7 heteroatoms. The van der Waals surface area contributed by atoms with E-state index in [1.54, 1.807) is 12.1 Å². The Labute approximate surface area is 154 Å². The Bertz CT molecular complexity index is 813. The normalized spacial score (nSPS) is 17.5. The van der Waals surface area contributed by atoms with E-state index in [4.69, 9.17) is 16.3 Å². The predicted octanol–water partition coefficient (Wildman–Crippen LogP) is 3.20. The van der Waals surface area contributed by atoms with Crippen LogP contribution >= 0.6 is 11.6 Å². The number of nitrogens with zero attached hydrogens (tertiary/aromatic N) is 2. The Morgan fingerprint density at radius 2 is 2.04 bits per heavy atom. The fraction of sp³-hybridized carbons (Fsp3) is 0.333. The highest BCUT2D eigenvalue weighted by atomic mass is 35.5. The maximum atomic E-state index is 12.3. The lowest BCUT2D eigenvalue weighted by molar-refractivity contribution is 0.219. The number of sulfonamides is 1. The van der Waals surface area contributed by atoms with Crippen molar-refractivity contribution in [2.45, 2.75) is 18.0 Å². The van der Waals surface area contributed by atoms with Gasteiger partial charge in [0, 0.05) is 50.4 Å². The van der Waals surface area contributed by atoms with E-state index in [2.05, 4.69) is 4.90 Å². The van der Waals surface area contributed by atoms with E-state index < -0.39 is 10.4 Å². The highest BCUT2D eigenvalue weighted by Crippen LogP contribution is 2.30. The average Bonchev–Trinajstić information content (AvgIpc) is 2.77. The molecule has 2 aromatic rings. The minimum Gasteiger partial charge on any atom is -0.593 e. The Morgan fingerprint density at radius 1 is 1.28 bits per heavy atom. The van der Waals surface area contributed by atoms with E-state index in [9.17, 15) is 8.76 Å². The molecule has 0 saturated heterocycles. The lowest BCUT2D eigenvalue weighted by atomic mass is 10.1. The molecule has 0 aliphatic carbocycles. The second-order valence-electron chi connectivity index (χ2n) is 6.21. The van der Waals surface area contributed by atoms with Gasteiger partial charge < -0.3 is 9.29 Å². The van der Waals surface area contributed by atoms with Crippen LogP contribution in [0.4, 0.5) is 0 Å². The van der Waals surface area contributed by atoms with Crippen molar-refractivity contribution in [1.82, 2.24) is 9.21 Å². The van der Waals surface area contributed by atoms with Crippen LogP contribution in [0.25, 0.3) is 0 Å². The van der Waals surface area contributed by atoms with Crippen molar-refractivity contribution in [3.63, 3.8) is 0 Å².